The Labute approximate surface area is 238 Å². The van der Waals surface area contributed by atoms with Crippen LogP contribution in [0.5, 0.6) is 0 Å². The van der Waals surface area contributed by atoms with E-state index in [4.69, 9.17) is 4.74 Å². The second-order valence-corrected chi connectivity index (χ2v) is 13.2. The Morgan fingerprint density at radius 3 is 2.55 bits per heavy atom. The number of aliphatic hydroxyl groups excluding tert-OH is 1. The number of halogens is 1. The number of carbonyl (C=O) groups is 1. The molecule has 0 bridgehead atoms. The maximum atomic E-state index is 14.1. The number of nitrogens with zero attached hydrogens (tertiary/aromatic N) is 1. The highest BCUT2D eigenvalue weighted by molar-refractivity contribution is 8.00. The summed E-state index contributed by atoms with van der Waals surface area (Å²) >= 11 is 1.42. The van der Waals surface area contributed by atoms with Crippen LogP contribution in [0, 0.1) is 12.7 Å². The number of ether oxygens (including phenoxy) is 1. The number of sulfonamides is 1. The Balaban J connectivity index is 1.41. The predicted molar refractivity (Wildman–Crippen MR) is 153 cm³/mol. The Hall–Kier alpha value is -2.76. The second-order valence-electron chi connectivity index (χ2n) is 10.2. The number of carbonyl (C=O) groups excluding carboxylic acids is 1. The van der Waals surface area contributed by atoms with Gasteiger partial charge in [0, 0.05) is 30.0 Å². The van der Waals surface area contributed by atoms with Crippen molar-refractivity contribution in [2.24, 2.45) is 0 Å². The number of rotatable bonds is 8. The standard InChI is InChI=1S/C30H33FN2O5S2/c1-20-6-12-24(13-7-20)40(36,37)32-26-18-27(38-19-28(26)39-17-16-34)30(35)33-15-14-21-4-2-3-5-25(21)29(33)22-8-10-23(31)11-9-22/h2-13,26-29,32,34H,14-19H2,1H3/t26-,27+,28-,29-/m0/s1. The summed E-state index contributed by atoms with van der Waals surface area (Å²) < 4.78 is 49.2. The quantitative estimate of drug-likeness (QED) is 0.418. The number of nitrogens with one attached hydrogen (secondary N) is 1. The molecular weight excluding hydrogens is 551 g/mol. The van der Waals surface area contributed by atoms with E-state index in [1.165, 1.54) is 23.9 Å². The van der Waals surface area contributed by atoms with E-state index in [0.29, 0.717) is 18.7 Å². The number of fused-ring (bicyclic) bond motifs is 1. The lowest BCUT2D eigenvalue weighted by Gasteiger charge is -2.42. The van der Waals surface area contributed by atoms with Crippen LogP contribution >= 0.6 is 11.8 Å². The minimum atomic E-state index is -3.85. The molecule has 212 valence electrons. The minimum absolute atomic E-state index is 0.0481. The first-order chi connectivity index (χ1) is 19.3. The normalized spacial score (nSPS) is 23.0. The summed E-state index contributed by atoms with van der Waals surface area (Å²) in [5.74, 6) is -0.157. The van der Waals surface area contributed by atoms with Crippen LogP contribution in [0.1, 0.15) is 34.7 Å². The summed E-state index contributed by atoms with van der Waals surface area (Å²) in [7, 11) is -3.85. The SMILES string of the molecule is Cc1ccc(S(=O)(=O)N[C@H]2C[C@H](C(=O)N3CCc4ccccc4[C@@H]3c3ccc(F)cc3)OC[C@@H]2SCCO)cc1. The van der Waals surface area contributed by atoms with E-state index in [0.717, 1.165) is 22.3 Å². The maximum absolute atomic E-state index is 14.1. The van der Waals surface area contributed by atoms with Gasteiger partial charge < -0.3 is 14.7 Å². The summed E-state index contributed by atoms with van der Waals surface area (Å²) in [5, 5.41) is 9.11. The smallest absolute Gasteiger partial charge is 0.252 e. The molecule has 0 spiro atoms. The number of hydrogen-bond donors (Lipinski definition) is 2. The fraction of sp³-hybridized carbons (Fsp3) is 0.367. The number of aliphatic hydroxyl groups is 1. The van der Waals surface area contributed by atoms with Crippen molar-refractivity contribution >= 4 is 27.7 Å². The van der Waals surface area contributed by atoms with Crippen molar-refractivity contribution in [1.29, 1.82) is 0 Å². The largest absolute Gasteiger partial charge is 0.396 e. The fourth-order valence-electron chi connectivity index (χ4n) is 5.42. The van der Waals surface area contributed by atoms with Gasteiger partial charge in [-0.1, -0.05) is 54.1 Å². The molecular formula is C30H33FN2O5S2. The lowest BCUT2D eigenvalue weighted by molar-refractivity contribution is -0.149. The second kappa shape index (κ2) is 12.4. The molecule has 0 unspecified atom stereocenters. The lowest BCUT2D eigenvalue weighted by atomic mass is 9.87. The minimum Gasteiger partial charge on any atom is -0.396 e. The topological polar surface area (TPSA) is 95.9 Å². The van der Waals surface area contributed by atoms with Crippen LogP contribution in [0.2, 0.25) is 0 Å². The molecule has 7 nitrogen and oxygen atoms in total. The van der Waals surface area contributed by atoms with Crippen molar-refractivity contribution in [2.45, 2.75) is 48.1 Å². The van der Waals surface area contributed by atoms with Gasteiger partial charge in [-0.3, -0.25) is 4.79 Å². The van der Waals surface area contributed by atoms with Crippen molar-refractivity contribution in [1.82, 2.24) is 9.62 Å². The van der Waals surface area contributed by atoms with Gasteiger partial charge in [0.1, 0.15) is 11.9 Å². The molecule has 2 N–H and O–H groups in total. The van der Waals surface area contributed by atoms with Gasteiger partial charge in [0.05, 0.1) is 24.2 Å². The van der Waals surface area contributed by atoms with Crippen LogP contribution in [0.3, 0.4) is 0 Å². The molecule has 0 aliphatic carbocycles. The van der Waals surface area contributed by atoms with E-state index in [-0.39, 0.29) is 41.5 Å². The van der Waals surface area contributed by atoms with Crippen molar-refractivity contribution in [3.8, 4) is 0 Å². The highest BCUT2D eigenvalue weighted by Crippen LogP contribution is 2.37. The Morgan fingerprint density at radius 2 is 1.82 bits per heavy atom. The Bertz CT molecular complexity index is 1430. The molecule has 3 aromatic carbocycles. The highest BCUT2D eigenvalue weighted by Gasteiger charge is 2.41. The van der Waals surface area contributed by atoms with Crippen molar-refractivity contribution in [2.75, 3.05) is 25.5 Å². The van der Waals surface area contributed by atoms with Crippen LogP contribution < -0.4 is 4.72 Å². The van der Waals surface area contributed by atoms with Gasteiger partial charge in [0.2, 0.25) is 10.0 Å². The van der Waals surface area contributed by atoms with Gasteiger partial charge in [0.25, 0.3) is 5.91 Å². The summed E-state index contributed by atoms with van der Waals surface area (Å²) in [6.45, 7) is 2.46. The maximum Gasteiger partial charge on any atom is 0.252 e. The molecule has 1 amide bonds. The first-order valence-corrected chi connectivity index (χ1v) is 15.9. The van der Waals surface area contributed by atoms with Crippen LogP contribution in [0.4, 0.5) is 4.39 Å². The van der Waals surface area contributed by atoms with E-state index in [1.54, 1.807) is 41.3 Å². The molecule has 0 radical (unpaired) electrons. The lowest BCUT2D eigenvalue weighted by Crippen LogP contribution is -2.55. The van der Waals surface area contributed by atoms with E-state index in [1.807, 2.05) is 31.2 Å². The zero-order valence-electron chi connectivity index (χ0n) is 22.2. The monoisotopic (exact) mass is 584 g/mol. The van der Waals surface area contributed by atoms with Crippen LogP contribution in [0.25, 0.3) is 0 Å². The van der Waals surface area contributed by atoms with E-state index >= 15 is 0 Å². The average Bonchev–Trinajstić information content (AvgIpc) is 2.96. The summed E-state index contributed by atoms with van der Waals surface area (Å²) in [4.78, 5) is 16.0. The third-order valence-electron chi connectivity index (χ3n) is 7.47. The third-order valence-corrected chi connectivity index (χ3v) is 10.3. The molecule has 2 aliphatic heterocycles. The van der Waals surface area contributed by atoms with Crippen LogP contribution in [-0.2, 0) is 26.0 Å². The summed E-state index contributed by atoms with van der Waals surface area (Å²) in [5.41, 5.74) is 3.86. The van der Waals surface area contributed by atoms with Gasteiger partial charge in [-0.25, -0.2) is 17.5 Å². The van der Waals surface area contributed by atoms with E-state index in [2.05, 4.69) is 4.72 Å². The van der Waals surface area contributed by atoms with Gasteiger partial charge in [0.15, 0.2) is 0 Å². The molecule has 40 heavy (non-hydrogen) atoms. The number of amides is 1. The Morgan fingerprint density at radius 1 is 1.10 bits per heavy atom. The molecule has 3 aromatic rings. The average molecular weight is 585 g/mol. The number of hydrogen-bond acceptors (Lipinski definition) is 6. The zero-order chi connectivity index (χ0) is 28.3. The summed E-state index contributed by atoms with van der Waals surface area (Å²) in [6, 6.07) is 19.7. The first kappa shape index (κ1) is 28.8. The molecule has 0 saturated carbocycles. The third kappa shape index (κ3) is 6.26. The van der Waals surface area contributed by atoms with Gasteiger partial charge >= 0.3 is 0 Å². The molecule has 5 rings (SSSR count). The van der Waals surface area contributed by atoms with E-state index in [9.17, 15) is 22.7 Å². The van der Waals surface area contributed by atoms with Gasteiger partial charge in [-0.15, -0.1) is 0 Å². The first-order valence-electron chi connectivity index (χ1n) is 13.3. The zero-order valence-corrected chi connectivity index (χ0v) is 23.8. The molecule has 4 atom stereocenters. The van der Waals surface area contributed by atoms with Crippen molar-refractivity contribution in [3.63, 3.8) is 0 Å². The number of aryl methyl sites for hydroxylation is 1. The van der Waals surface area contributed by atoms with E-state index < -0.39 is 28.2 Å². The van der Waals surface area contributed by atoms with Gasteiger partial charge in [-0.2, -0.15) is 11.8 Å². The Kier molecular flexibility index (Phi) is 8.92. The highest BCUT2D eigenvalue weighted by atomic mass is 32.2. The number of benzene rings is 3. The molecule has 1 fully saturated rings. The predicted octanol–water partition coefficient (Wildman–Crippen LogP) is 3.84. The number of thioether (sulfide) groups is 1. The van der Waals surface area contributed by atoms with Crippen LogP contribution in [-0.4, -0.2) is 67.2 Å². The van der Waals surface area contributed by atoms with Crippen molar-refractivity contribution in [3.05, 3.63) is 101 Å². The molecule has 1 saturated heterocycles. The summed E-state index contributed by atoms with van der Waals surface area (Å²) in [6.07, 6.45) is -0.0311. The van der Waals surface area contributed by atoms with Crippen molar-refractivity contribution < 1.29 is 27.4 Å². The molecule has 2 heterocycles. The molecule has 2 aliphatic rings. The van der Waals surface area contributed by atoms with Gasteiger partial charge in [-0.05, 0) is 54.3 Å². The molecule has 0 aromatic heterocycles. The molecule has 10 heteroatoms. The van der Waals surface area contributed by atoms with Crippen LogP contribution in [0.15, 0.2) is 77.7 Å². The fourth-order valence-corrected chi connectivity index (χ4v) is 7.79.